The molecular formula is C16H21N3O. The molecule has 0 saturated carbocycles. The van der Waals surface area contributed by atoms with E-state index in [1.165, 1.54) is 5.56 Å². The maximum atomic E-state index is 5.18. The molecular weight excluding hydrogens is 250 g/mol. The molecule has 1 N–H and O–H groups in total. The van der Waals surface area contributed by atoms with E-state index >= 15 is 0 Å². The fourth-order valence-electron chi connectivity index (χ4n) is 2.08. The highest BCUT2D eigenvalue weighted by Gasteiger charge is 2.07. The predicted octanol–water partition coefficient (Wildman–Crippen LogP) is 3.16. The van der Waals surface area contributed by atoms with E-state index in [9.17, 15) is 0 Å². The molecule has 4 heteroatoms. The highest BCUT2D eigenvalue weighted by atomic mass is 16.5. The average molecular weight is 271 g/mol. The van der Waals surface area contributed by atoms with Gasteiger partial charge >= 0.3 is 0 Å². The van der Waals surface area contributed by atoms with Crippen LogP contribution in [0.15, 0.2) is 42.6 Å². The van der Waals surface area contributed by atoms with Gasteiger partial charge in [-0.2, -0.15) is 0 Å². The Balaban J connectivity index is 2.12. The Hall–Kier alpha value is -2.23. The van der Waals surface area contributed by atoms with Crippen molar-refractivity contribution in [1.29, 1.82) is 0 Å². The van der Waals surface area contributed by atoms with Gasteiger partial charge < -0.3 is 15.0 Å². The Morgan fingerprint density at radius 1 is 1.20 bits per heavy atom. The summed E-state index contributed by atoms with van der Waals surface area (Å²) in [5.41, 5.74) is 2.34. The smallest absolute Gasteiger partial charge is 0.130 e. The number of hydrogen-bond donors (Lipinski definition) is 1. The maximum Gasteiger partial charge on any atom is 0.130 e. The van der Waals surface area contributed by atoms with Crippen LogP contribution in [0.2, 0.25) is 0 Å². The van der Waals surface area contributed by atoms with Gasteiger partial charge in [-0.25, -0.2) is 4.98 Å². The van der Waals surface area contributed by atoms with Gasteiger partial charge in [0, 0.05) is 37.6 Å². The van der Waals surface area contributed by atoms with Gasteiger partial charge in [-0.1, -0.05) is 6.07 Å². The van der Waals surface area contributed by atoms with Crippen molar-refractivity contribution in [2.75, 3.05) is 30.9 Å². The molecule has 2 aromatic rings. The third kappa shape index (κ3) is 3.41. The predicted molar refractivity (Wildman–Crippen MR) is 83.5 cm³/mol. The molecule has 0 aliphatic rings. The molecule has 0 amide bonds. The molecule has 0 radical (unpaired) electrons. The van der Waals surface area contributed by atoms with E-state index in [-0.39, 0.29) is 0 Å². The van der Waals surface area contributed by atoms with E-state index in [0.29, 0.717) is 0 Å². The van der Waals surface area contributed by atoms with E-state index in [2.05, 4.69) is 47.4 Å². The van der Waals surface area contributed by atoms with Crippen LogP contribution in [0.4, 0.5) is 11.5 Å². The molecule has 1 heterocycles. The van der Waals surface area contributed by atoms with Crippen LogP contribution in [0.3, 0.4) is 0 Å². The quantitative estimate of drug-likeness (QED) is 0.875. The van der Waals surface area contributed by atoms with Crippen molar-refractivity contribution < 1.29 is 4.74 Å². The first-order chi connectivity index (χ1) is 9.74. The molecule has 0 spiro atoms. The van der Waals surface area contributed by atoms with Crippen molar-refractivity contribution in [3.63, 3.8) is 0 Å². The van der Waals surface area contributed by atoms with E-state index in [1.807, 2.05) is 24.4 Å². The zero-order valence-electron chi connectivity index (χ0n) is 12.3. The van der Waals surface area contributed by atoms with Gasteiger partial charge in [0.15, 0.2) is 0 Å². The van der Waals surface area contributed by atoms with Crippen molar-refractivity contribution in [3.05, 3.63) is 48.2 Å². The fraction of sp³-hybridized carbons (Fsp3) is 0.312. The first kappa shape index (κ1) is 14.2. The van der Waals surface area contributed by atoms with Gasteiger partial charge in [0.1, 0.15) is 11.6 Å². The number of nitrogens with one attached hydrogen (secondary N) is 1. The Labute approximate surface area is 120 Å². The Kier molecular flexibility index (Phi) is 4.82. The minimum atomic E-state index is 0.808. The van der Waals surface area contributed by atoms with Crippen LogP contribution in [0.25, 0.3) is 0 Å². The van der Waals surface area contributed by atoms with Crippen molar-refractivity contribution in [1.82, 2.24) is 4.98 Å². The number of nitrogens with zero attached hydrogens (tertiary/aromatic N) is 2. The molecule has 2 rings (SSSR count). The lowest BCUT2D eigenvalue weighted by Gasteiger charge is -2.21. The topological polar surface area (TPSA) is 37.4 Å². The lowest BCUT2D eigenvalue weighted by Crippen LogP contribution is -2.18. The summed E-state index contributed by atoms with van der Waals surface area (Å²) in [7, 11) is 3.75. The van der Waals surface area contributed by atoms with Gasteiger partial charge in [-0.3, -0.25) is 0 Å². The first-order valence-electron chi connectivity index (χ1n) is 6.77. The van der Waals surface area contributed by atoms with Crippen molar-refractivity contribution >= 4 is 11.5 Å². The van der Waals surface area contributed by atoms with Gasteiger partial charge in [0.25, 0.3) is 0 Å². The summed E-state index contributed by atoms with van der Waals surface area (Å²) >= 11 is 0. The first-order valence-corrected chi connectivity index (χ1v) is 6.77. The monoisotopic (exact) mass is 271 g/mol. The lowest BCUT2D eigenvalue weighted by molar-refractivity contribution is 0.415. The second-order valence-corrected chi connectivity index (χ2v) is 4.60. The van der Waals surface area contributed by atoms with E-state index in [4.69, 9.17) is 4.74 Å². The number of benzene rings is 1. The number of methoxy groups -OCH3 is 1. The number of ether oxygens (including phenoxy) is 1. The van der Waals surface area contributed by atoms with Crippen LogP contribution >= 0.6 is 0 Å². The van der Waals surface area contributed by atoms with Crippen LogP contribution in [0, 0.1) is 0 Å². The maximum absolute atomic E-state index is 5.18. The van der Waals surface area contributed by atoms with Gasteiger partial charge in [-0.05, 0) is 37.3 Å². The van der Waals surface area contributed by atoms with Crippen molar-refractivity contribution in [3.8, 4) is 5.75 Å². The summed E-state index contributed by atoms with van der Waals surface area (Å²) in [4.78, 5) is 6.58. The summed E-state index contributed by atoms with van der Waals surface area (Å²) in [6.45, 7) is 3.75. The zero-order valence-corrected chi connectivity index (χ0v) is 12.3. The van der Waals surface area contributed by atoms with Gasteiger partial charge in [0.05, 0.1) is 7.11 Å². The Morgan fingerprint density at radius 3 is 2.60 bits per heavy atom. The van der Waals surface area contributed by atoms with Gasteiger partial charge in [-0.15, -0.1) is 0 Å². The third-order valence-electron chi connectivity index (χ3n) is 3.16. The summed E-state index contributed by atoms with van der Waals surface area (Å²) in [6.07, 6.45) is 1.81. The molecule has 1 aromatic carbocycles. The highest BCUT2D eigenvalue weighted by molar-refractivity contribution is 5.51. The molecule has 4 nitrogen and oxygen atoms in total. The molecule has 0 aliphatic carbocycles. The average Bonchev–Trinajstić information content (AvgIpc) is 2.49. The number of rotatable bonds is 6. The molecule has 0 saturated heterocycles. The van der Waals surface area contributed by atoms with Crippen LogP contribution in [0.5, 0.6) is 5.75 Å². The molecule has 0 fully saturated rings. The molecule has 0 unspecified atom stereocenters. The highest BCUT2D eigenvalue weighted by Crippen LogP contribution is 2.21. The lowest BCUT2D eigenvalue weighted by atomic mass is 10.2. The third-order valence-corrected chi connectivity index (χ3v) is 3.16. The normalized spacial score (nSPS) is 10.2. The molecule has 0 bridgehead atoms. The van der Waals surface area contributed by atoms with E-state index in [1.54, 1.807) is 7.11 Å². The zero-order chi connectivity index (χ0) is 14.4. The minimum Gasteiger partial charge on any atom is -0.497 e. The summed E-state index contributed by atoms with van der Waals surface area (Å²) < 4.78 is 5.18. The number of pyridine rings is 1. The van der Waals surface area contributed by atoms with Crippen molar-refractivity contribution in [2.45, 2.75) is 13.5 Å². The second kappa shape index (κ2) is 6.80. The van der Waals surface area contributed by atoms with E-state index < -0.39 is 0 Å². The number of hydrogen-bond acceptors (Lipinski definition) is 4. The molecule has 1 aromatic heterocycles. The summed E-state index contributed by atoms with van der Waals surface area (Å²) in [5, 5.41) is 3.29. The van der Waals surface area contributed by atoms with Crippen molar-refractivity contribution in [2.24, 2.45) is 0 Å². The summed E-state index contributed by atoms with van der Waals surface area (Å²) in [5.74, 6) is 1.83. The molecule has 20 heavy (non-hydrogen) atoms. The van der Waals surface area contributed by atoms with Gasteiger partial charge in [0.2, 0.25) is 0 Å². The Morgan fingerprint density at radius 2 is 1.95 bits per heavy atom. The Bertz CT molecular complexity index is 540. The molecule has 106 valence electrons. The van der Waals surface area contributed by atoms with Crippen LogP contribution < -0.4 is 15.0 Å². The number of anilines is 2. The van der Waals surface area contributed by atoms with E-state index in [0.717, 1.165) is 30.3 Å². The van der Waals surface area contributed by atoms with Crippen LogP contribution in [0.1, 0.15) is 12.5 Å². The SMILES string of the molecule is CCNc1ncccc1CN(C)c1ccc(OC)cc1. The van der Waals surface area contributed by atoms with Crippen LogP contribution in [-0.4, -0.2) is 25.7 Å². The largest absolute Gasteiger partial charge is 0.497 e. The second-order valence-electron chi connectivity index (χ2n) is 4.60. The standard InChI is InChI=1S/C16H21N3O/c1-4-17-16-13(6-5-11-18-16)12-19(2)14-7-9-15(20-3)10-8-14/h5-11H,4,12H2,1-3H3,(H,17,18). The fourth-order valence-corrected chi connectivity index (χ4v) is 2.08. The summed E-state index contributed by atoms with van der Waals surface area (Å²) in [6, 6.07) is 12.1. The minimum absolute atomic E-state index is 0.808. The molecule has 0 aliphatic heterocycles. The number of aromatic nitrogens is 1. The van der Waals surface area contributed by atoms with Crippen LogP contribution in [-0.2, 0) is 6.54 Å². The molecule has 0 atom stereocenters.